The minimum atomic E-state index is 1.20. The van der Waals surface area contributed by atoms with Gasteiger partial charge in [-0.15, -0.1) is 0 Å². The number of hydrogen-bond acceptors (Lipinski definition) is 0. The van der Waals surface area contributed by atoms with Gasteiger partial charge >= 0.3 is 0 Å². The molecule has 0 fully saturated rings. The molecule has 0 amide bonds. The van der Waals surface area contributed by atoms with Crippen molar-refractivity contribution < 1.29 is 0 Å². The Kier molecular flexibility index (Phi) is 8.79. The molecule has 0 nitrogen and oxygen atoms in total. The summed E-state index contributed by atoms with van der Waals surface area (Å²) in [6.45, 7) is 4.30. The SMILES string of the molecule is C/C=c1/cc2c(-c3ccc(-c4ccccc4)cc3-c3ccccc3)c3ccccc3c(-c3ccc(-c4ccccc4)cc3-c3ccccc3)c2c/c1=C/C. The second-order valence-electron chi connectivity index (χ2n) is 13.9. The first kappa shape index (κ1) is 33.1. The maximum Gasteiger partial charge on any atom is -0.00199 e. The van der Waals surface area contributed by atoms with Gasteiger partial charge in [-0.05, 0) is 137 Å². The molecule has 54 heavy (non-hydrogen) atoms. The van der Waals surface area contributed by atoms with Gasteiger partial charge in [0.15, 0.2) is 0 Å². The standard InChI is InChI=1S/C54H40/c1-3-37-33-51-52(34-38(37)4-2)54(48-32-30-44(40-21-11-6-12-22-40)36-50(48)42-25-15-8-16-26-42)46-28-18-17-27-45(46)53(51)47-31-29-43(39-19-9-5-10-20-39)35-49(47)41-23-13-7-14-24-41/h3-36H,1-2H3/b37-3-,38-4-. The quantitative estimate of drug-likeness (QED) is 0.153. The van der Waals surface area contributed by atoms with E-state index in [-0.39, 0.29) is 0 Å². The fourth-order valence-electron chi connectivity index (χ4n) is 8.19. The van der Waals surface area contributed by atoms with Gasteiger partial charge in [0.1, 0.15) is 0 Å². The van der Waals surface area contributed by atoms with Crippen LogP contribution in [0.25, 0.3) is 100 Å². The van der Waals surface area contributed by atoms with Crippen molar-refractivity contribution in [3.05, 3.63) is 205 Å². The molecule has 9 aromatic rings. The molecular formula is C54H40. The van der Waals surface area contributed by atoms with Crippen molar-refractivity contribution in [3.8, 4) is 66.8 Å². The van der Waals surface area contributed by atoms with Crippen LogP contribution in [0.2, 0.25) is 0 Å². The van der Waals surface area contributed by atoms with E-state index in [0.29, 0.717) is 0 Å². The molecule has 0 aromatic heterocycles. The molecule has 0 bridgehead atoms. The van der Waals surface area contributed by atoms with Gasteiger partial charge in [0.05, 0.1) is 0 Å². The van der Waals surface area contributed by atoms with Gasteiger partial charge in [0, 0.05) is 0 Å². The lowest BCUT2D eigenvalue weighted by atomic mass is 9.81. The van der Waals surface area contributed by atoms with E-state index in [2.05, 4.69) is 220 Å². The summed E-state index contributed by atoms with van der Waals surface area (Å²) in [5, 5.41) is 7.45. The van der Waals surface area contributed by atoms with Crippen molar-refractivity contribution in [2.24, 2.45) is 0 Å². The minimum absolute atomic E-state index is 1.20. The largest absolute Gasteiger partial charge is 0.0798 e. The first-order valence-electron chi connectivity index (χ1n) is 18.8. The van der Waals surface area contributed by atoms with E-state index >= 15 is 0 Å². The Morgan fingerprint density at radius 1 is 0.259 bits per heavy atom. The van der Waals surface area contributed by atoms with Gasteiger partial charge in [-0.1, -0.05) is 182 Å². The summed E-state index contributed by atoms with van der Waals surface area (Å²) in [6, 6.07) is 71.1. The normalized spacial score (nSPS) is 12.1. The fourth-order valence-corrected chi connectivity index (χ4v) is 8.19. The van der Waals surface area contributed by atoms with E-state index in [0.717, 1.165) is 0 Å². The zero-order valence-electron chi connectivity index (χ0n) is 30.6. The second kappa shape index (κ2) is 14.3. The van der Waals surface area contributed by atoms with E-state index in [1.54, 1.807) is 0 Å². The van der Waals surface area contributed by atoms with Crippen LogP contribution in [0.5, 0.6) is 0 Å². The summed E-state index contributed by atoms with van der Waals surface area (Å²) in [5.41, 5.74) is 14.7. The van der Waals surface area contributed by atoms with Crippen LogP contribution in [0.4, 0.5) is 0 Å². The van der Waals surface area contributed by atoms with E-state index in [1.165, 1.54) is 98.7 Å². The monoisotopic (exact) mass is 688 g/mol. The Bertz CT molecular complexity index is 2700. The lowest BCUT2D eigenvalue weighted by Crippen LogP contribution is -2.23. The van der Waals surface area contributed by atoms with Crippen molar-refractivity contribution in [1.29, 1.82) is 0 Å². The third-order valence-corrected chi connectivity index (χ3v) is 10.8. The third-order valence-electron chi connectivity index (χ3n) is 10.8. The number of fused-ring (bicyclic) bond motifs is 2. The molecule has 0 radical (unpaired) electrons. The zero-order chi connectivity index (χ0) is 36.4. The van der Waals surface area contributed by atoms with Crippen molar-refractivity contribution in [2.75, 3.05) is 0 Å². The number of rotatable bonds is 6. The van der Waals surface area contributed by atoms with Crippen LogP contribution in [0.1, 0.15) is 13.8 Å². The van der Waals surface area contributed by atoms with E-state index in [1.807, 2.05) is 0 Å². The zero-order valence-corrected chi connectivity index (χ0v) is 30.6. The average Bonchev–Trinajstić information content (AvgIpc) is 3.26. The van der Waals surface area contributed by atoms with Gasteiger partial charge in [-0.25, -0.2) is 0 Å². The summed E-state index contributed by atoms with van der Waals surface area (Å²) in [4.78, 5) is 0. The number of benzene rings is 9. The van der Waals surface area contributed by atoms with E-state index in [4.69, 9.17) is 0 Å². The topological polar surface area (TPSA) is 0 Å². The molecule has 0 aliphatic rings. The van der Waals surface area contributed by atoms with Crippen molar-refractivity contribution in [1.82, 2.24) is 0 Å². The molecule has 0 atom stereocenters. The number of hydrogen-bond donors (Lipinski definition) is 0. The third kappa shape index (κ3) is 5.93. The summed E-state index contributed by atoms with van der Waals surface area (Å²) < 4.78 is 0. The fraction of sp³-hybridized carbons (Fsp3) is 0.0370. The molecule has 0 spiro atoms. The molecule has 0 unspecified atom stereocenters. The summed E-state index contributed by atoms with van der Waals surface area (Å²) in [6.07, 6.45) is 4.49. The maximum atomic E-state index is 2.43. The average molecular weight is 689 g/mol. The summed E-state index contributed by atoms with van der Waals surface area (Å²) in [5.74, 6) is 0. The van der Waals surface area contributed by atoms with Crippen LogP contribution in [0.15, 0.2) is 194 Å². The Hall–Kier alpha value is -6.76. The highest BCUT2D eigenvalue weighted by molar-refractivity contribution is 6.23. The maximum absolute atomic E-state index is 2.43. The first-order valence-corrected chi connectivity index (χ1v) is 18.8. The second-order valence-corrected chi connectivity index (χ2v) is 13.9. The van der Waals surface area contributed by atoms with Crippen LogP contribution in [0, 0.1) is 0 Å². The Morgan fingerprint density at radius 2 is 0.593 bits per heavy atom. The molecule has 0 N–H and O–H groups in total. The highest BCUT2D eigenvalue weighted by Gasteiger charge is 2.22. The van der Waals surface area contributed by atoms with E-state index < -0.39 is 0 Å². The molecule has 0 heterocycles. The lowest BCUT2D eigenvalue weighted by Gasteiger charge is -2.22. The molecule has 256 valence electrons. The molecular weight excluding hydrogens is 649 g/mol. The van der Waals surface area contributed by atoms with Crippen LogP contribution in [0.3, 0.4) is 0 Å². The van der Waals surface area contributed by atoms with Crippen LogP contribution in [-0.4, -0.2) is 0 Å². The van der Waals surface area contributed by atoms with Gasteiger partial charge in [-0.2, -0.15) is 0 Å². The molecule has 9 aromatic carbocycles. The molecule has 0 saturated heterocycles. The van der Waals surface area contributed by atoms with Gasteiger partial charge in [0.25, 0.3) is 0 Å². The molecule has 0 saturated carbocycles. The Morgan fingerprint density at radius 3 is 0.944 bits per heavy atom. The predicted molar refractivity (Wildman–Crippen MR) is 234 cm³/mol. The van der Waals surface area contributed by atoms with Crippen molar-refractivity contribution in [3.63, 3.8) is 0 Å². The summed E-state index contributed by atoms with van der Waals surface area (Å²) >= 11 is 0. The molecule has 0 aliphatic carbocycles. The van der Waals surface area contributed by atoms with Crippen LogP contribution in [-0.2, 0) is 0 Å². The minimum Gasteiger partial charge on any atom is -0.0798 e. The summed E-state index contributed by atoms with van der Waals surface area (Å²) in [7, 11) is 0. The highest BCUT2D eigenvalue weighted by Crippen LogP contribution is 2.48. The molecule has 9 rings (SSSR count). The predicted octanol–water partition coefficient (Wildman–Crippen LogP) is 13.6. The van der Waals surface area contributed by atoms with E-state index in [9.17, 15) is 0 Å². The molecule has 0 aliphatic heterocycles. The van der Waals surface area contributed by atoms with Gasteiger partial charge in [-0.3, -0.25) is 0 Å². The smallest absolute Gasteiger partial charge is 0.00199 e. The lowest BCUT2D eigenvalue weighted by molar-refractivity contribution is 1.53. The van der Waals surface area contributed by atoms with Crippen molar-refractivity contribution in [2.45, 2.75) is 13.8 Å². The van der Waals surface area contributed by atoms with Gasteiger partial charge < -0.3 is 0 Å². The van der Waals surface area contributed by atoms with Gasteiger partial charge in [0.2, 0.25) is 0 Å². The Labute approximate surface area is 317 Å². The van der Waals surface area contributed by atoms with Crippen LogP contribution >= 0.6 is 0 Å². The highest BCUT2D eigenvalue weighted by atomic mass is 14.2. The van der Waals surface area contributed by atoms with Crippen LogP contribution < -0.4 is 10.4 Å². The molecule has 0 heteroatoms. The van der Waals surface area contributed by atoms with Crippen molar-refractivity contribution >= 4 is 33.7 Å². The Balaban J connectivity index is 1.43. The first-order chi connectivity index (χ1) is 26.7.